The largest absolute Gasteiger partial charge is 0.349 e. The second-order valence-electron chi connectivity index (χ2n) is 6.39. The fourth-order valence-corrected chi connectivity index (χ4v) is 3.09. The number of nitrogens with one attached hydrogen (secondary N) is 1. The molecule has 1 aromatic rings. The van der Waals surface area contributed by atoms with Gasteiger partial charge in [0, 0.05) is 17.7 Å². The molecule has 1 amide bonds. The topological polar surface area (TPSA) is 98.3 Å². The van der Waals surface area contributed by atoms with E-state index in [1.165, 1.54) is 12.1 Å². The molecule has 2 rings (SSSR count). The first-order chi connectivity index (χ1) is 10.3. The molecule has 0 radical (unpaired) electrons. The number of nitrogens with two attached hydrogens (primary N) is 1. The highest BCUT2D eigenvalue weighted by Crippen LogP contribution is 2.32. The van der Waals surface area contributed by atoms with Crippen molar-refractivity contribution >= 4 is 11.6 Å². The quantitative estimate of drug-likeness (QED) is 0.660. The molecule has 0 aromatic heterocycles. The number of non-ortho nitro benzene ring substituents is 1. The van der Waals surface area contributed by atoms with Crippen molar-refractivity contribution in [1.82, 2.24) is 5.32 Å². The molecule has 3 N–H and O–H groups in total. The molecule has 0 aliphatic heterocycles. The second kappa shape index (κ2) is 6.44. The van der Waals surface area contributed by atoms with Crippen LogP contribution in [0.3, 0.4) is 0 Å². The summed E-state index contributed by atoms with van der Waals surface area (Å²) >= 11 is 0. The number of benzene rings is 1. The molecule has 1 fully saturated rings. The van der Waals surface area contributed by atoms with Gasteiger partial charge in [0.05, 0.1) is 16.9 Å². The number of amides is 1. The molecule has 1 aromatic carbocycles. The molecule has 1 aliphatic rings. The van der Waals surface area contributed by atoms with Crippen molar-refractivity contribution in [2.75, 3.05) is 0 Å². The van der Waals surface area contributed by atoms with Gasteiger partial charge in [-0.05, 0) is 32.3 Å². The highest BCUT2D eigenvalue weighted by Gasteiger charge is 2.38. The molecule has 0 heterocycles. The first-order valence-corrected chi connectivity index (χ1v) is 7.65. The van der Waals surface area contributed by atoms with Crippen LogP contribution in [0.25, 0.3) is 0 Å². The van der Waals surface area contributed by atoms with Crippen LogP contribution in [0.1, 0.15) is 51.1 Å². The van der Waals surface area contributed by atoms with E-state index in [-0.39, 0.29) is 23.6 Å². The predicted octanol–water partition coefficient (Wildman–Crippen LogP) is 2.68. The van der Waals surface area contributed by atoms with Crippen molar-refractivity contribution in [2.45, 2.75) is 51.1 Å². The average molecular weight is 305 g/mol. The normalized spacial score (nSPS) is 26.2. The van der Waals surface area contributed by atoms with Gasteiger partial charge in [0.2, 0.25) is 5.91 Å². The van der Waals surface area contributed by atoms with Crippen LogP contribution in [0.15, 0.2) is 24.3 Å². The van der Waals surface area contributed by atoms with Crippen LogP contribution in [-0.2, 0) is 4.79 Å². The van der Waals surface area contributed by atoms with Gasteiger partial charge in [-0.2, -0.15) is 0 Å². The Morgan fingerprint density at radius 1 is 1.50 bits per heavy atom. The molecule has 0 spiro atoms. The van der Waals surface area contributed by atoms with Crippen LogP contribution < -0.4 is 11.1 Å². The Balaban J connectivity index is 2.08. The summed E-state index contributed by atoms with van der Waals surface area (Å²) in [5.74, 6) is -0.272. The van der Waals surface area contributed by atoms with E-state index < -0.39 is 10.5 Å². The molecule has 0 saturated heterocycles. The Hall–Kier alpha value is -1.95. The molecule has 3 unspecified atom stereocenters. The van der Waals surface area contributed by atoms with E-state index in [1.54, 1.807) is 12.1 Å². The molecule has 6 heteroatoms. The van der Waals surface area contributed by atoms with Crippen LogP contribution in [-0.4, -0.2) is 16.4 Å². The Labute approximate surface area is 130 Å². The smallest absolute Gasteiger partial charge is 0.269 e. The number of nitro benzene ring substituents is 1. The standard InChI is InChI=1S/C16H23N3O3/c1-11(12-6-5-7-13(10-12)19(21)22)18-15(20)14-8-3-4-9-16(14,2)17/h5-7,10-11,14H,3-4,8-9,17H2,1-2H3,(H,18,20). The Kier molecular flexibility index (Phi) is 4.81. The summed E-state index contributed by atoms with van der Waals surface area (Å²) in [6, 6.07) is 6.05. The maximum absolute atomic E-state index is 12.5. The van der Waals surface area contributed by atoms with Crippen LogP contribution >= 0.6 is 0 Å². The summed E-state index contributed by atoms with van der Waals surface area (Å²) in [6.45, 7) is 3.75. The zero-order valence-electron chi connectivity index (χ0n) is 13.0. The summed E-state index contributed by atoms with van der Waals surface area (Å²) in [6.07, 6.45) is 3.70. The second-order valence-corrected chi connectivity index (χ2v) is 6.39. The van der Waals surface area contributed by atoms with Gasteiger partial charge >= 0.3 is 0 Å². The third kappa shape index (κ3) is 3.62. The van der Waals surface area contributed by atoms with Gasteiger partial charge in [0.1, 0.15) is 0 Å². The predicted molar refractivity (Wildman–Crippen MR) is 84.2 cm³/mol. The number of nitrogens with zero attached hydrogens (tertiary/aromatic N) is 1. The summed E-state index contributed by atoms with van der Waals surface area (Å²) in [7, 11) is 0. The zero-order chi connectivity index (χ0) is 16.3. The molecular formula is C16H23N3O3. The van der Waals surface area contributed by atoms with Crippen molar-refractivity contribution in [3.8, 4) is 0 Å². The molecule has 1 saturated carbocycles. The lowest BCUT2D eigenvalue weighted by atomic mass is 9.74. The van der Waals surface area contributed by atoms with Gasteiger partial charge in [-0.3, -0.25) is 14.9 Å². The molecule has 22 heavy (non-hydrogen) atoms. The van der Waals surface area contributed by atoms with Crippen molar-refractivity contribution in [2.24, 2.45) is 11.7 Å². The van der Waals surface area contributed by atoms with E-state index in [0.29, 0.717) is 0 Å². The van der Waals surface area contributed by atoms with E-state index in [0.717, 1.165) is 31.2 Å². The maximum Gasteiger partial charge on any atom is 0.269 e. The molecular weight excluding hydrogens is 282 g/mol. The van der Waals surface area contributed by atoms with Crippen molar-refractivity contribution in [3.63, 3.8) is 0 Å². The number of carbonyl (C=O) groups excluding carboxylic acids is 1. The van der Waals surface area contributed by atoms with Crippen molar-refractivity contribution in [1.29, 1.82) is 0 Å². The fraction of sp³-hybridized carbons (Fsp3) is 0.562. The van der Waals surface area contributed by atoms with Crippen molar-refractivity contribution < 1.29 is 9.72 Å². The van der Waals surface area contributed by atoms with E-state index in [9.17, 15) is 14.9 Å². The Morgan fingerprint density at radius 2 is 2.23 bits per heavy atom. The number of hydrogen-bond acceptors (Lipinski definition) is 4. The first-order valence-electron chi connectivity index (χ1n) is 7.65. The minimum Gasteiger partial charge on any atom is -0.349 e. The SMILES string of the molecule is CC(NC(=O)C1CCCCC1(C)N)c1cccc([N+](=O)[O-])c1. The molecule has 120 valence electrons. The average Bonchev–Trinajstić information content (AvgIpc) is 2.46. The molecule has 0 bridgehead atoms. The van der Waals surface area contributed by atoms with Crippen LogP contribution in [0.2, 0.25) is 0 Å². The van der Waals surface area contributed by atoms with E-state index in [2.05, 4.69) is 5.32 Å². The summed E-state index contributed by atoms with van der Waals surface area (Å²) in [4.78, 5) is 22.9. The fourth-order valence-electron chi connectivity index (χ4n) is 3.09. The summed E-state index contributed by atoms with van der Waals surface area (Å²) in [5, 5.41) is 13.8. The lowest BCUT2D eigenvalue weighted by Crippen LogP contribution is -2.53. The van der Waals surface area contributed by atoms with Gasteiger partial charge in [0.25, 0.3) is 5.69 Å². The molecule has 3 atom stereocenters. The highest BCUT2D eigenvalue weighted by molar-refractivity contribution is 5.80. The Bertz CT molecular complexity index is 572. The Morgan fingerprint density at radius 3 is 2.86 bits per heavy atom. The monoisotopic (exact) mass is 305 g/mol. The number of carbonyl (C=O) groups is 1. The van der Waals surface area contributed by atoms with Crippen LogP contribution in [0.4, 0.5) is 5.69 Å². The van der Waals surface area contributed by atoms with Gasteiger partial charge in [0.15, 0.2) is 0 Å². The minimum atomic E-state index is -0.481. The summed E-state index contributed by atoms with van der Waals surface area (Å²) < 4.78 is 0. The minimum absolute atomic E-state index is 0.0277. The van der Waals surface area contributed by atoms with Crippen LogP contribution in [0, 0.1) is 16.0 Å². The lowest BCUT2D eigenvalue weighted by Gasteiger charge is -2.37. The number of nitro groups is 1. The van der Waals surface area contributed by atoms with E-state index in [4.69, 9.17) is 5.73 Å². The van der Waals surface area contributed by atoms with E-state index >= 15 is 0 Å². The number of hydrogen-bond donors (Lipinski definition) is 2. The lowest BCUT2D eigenvalue weighted by molar-refractivity contribution is -0.384. The highest BCUT2D eigenvalue weighted by atomic mass is 16.6. The van der Waals surface area contributed by atoms with Crippen molar-refractivity contribution in [3.05, 3.63) is 39.9 Å². The maximum atomic E-state index is 12.5. The van der Waals surface area contributed by atoms with Gasteiger partial charge in [-0.1, -0.05) is 25.0 Å². The number of rotatable bonds is 4. The van der Waals surface area contributed by atoms with Gasteiger partial charge < -0.3 is 11.1 Å². The zero-order valence-corrected chi connectivity index (χ0v) is 13.0. The van der Waals surface area contributed by atoms with Gasteiger partial charge in [-0.15, -0.1) is 0 Å². The van der Waals surface area contributed by atoms with Gasteiger partial charge in [-0.25, -0.2) is 0 Å². The van der Waals surface area contributed by atoms with Crippen LogP contribution in [0.5, 0.6) is 0 Å². The molecule has 1 aliphatic carbocycles. The first kappa shape index (κ1) is 16.4. The van der Waals surface area contributed by atoms with E-state index in [1.807, 2.05) is 13.8 Å². The third-order valence-corrected chi connectivity index (χ3v) is 4.51. The summed E-state index contributed by atoms with van der Waals surface area (Å²) in [5.41, 5.74) is 6.52. The molecule has 6 nitrogen and oxygen atoms in total. The third-order valence-electron chi connectivity index (χ3n) is 4.51.